The molecule has 1 aliphatic rings. The fourth-order valence-corrected chi connectivity index (χ4v) is 6.28. The highest BCUT2D eigenvalue weighted by molar-refractivity contribution is 6.44. The summed E-state index contributed by atoms with van der Waals surface area (Å²) in [6.45, 7) is 13.0. The Bertz CT molecular complexity index is 1990. The van der Waals surface area contributed by atoms with Gasteiger partial charge in [0.25, 0.3) is 0 Å². The Kier molecular flexibility index (Phi) is 13.0. The van der Waals surface area contributed by atoms with Gasteiger partial charge in [-0.2, -0.15) is 0 Å². The molecule has 1 aliphatic heterocycles. The van der Waals surface area contributed by atoms with Crippen molar-refractivity contribution in [1.82, 2.24) is 4.48 Å². The zero-order valence-electron chi connectivity index (χ0n) is 30.1. The third-order valence-corrected chi connectivity index (χ3v) is 8.26. The van der Waals surface area contributed by atoms with Crippen LogP contribution in [0.25, 0.3) is 33.7 Å². The van der Waals surface area contributed by atoms with E-state index in [0.717, 1.165) is 67.3 Å². The molecule has 0 radical (unpaired) electrons. The normalized spacial score (nSPS) is 12.5. The number of hydrogen-bond donors (Lipinski definition) is 0. The van der Waals surface area contributed by atoms with Gasteiger partial charge >= 0.3 is 7.25 Å². The van der Waals surface area contributed by atoms with Crippen LogP contribution in [0.2, 0.25) is 0 Å². The van der Waals surface area contributed by atoms with E-state index >= 15 is 0 Å². The van der Waals surface area contributed by atoms with E-state index in [1.165, 1.54) is 0 Å². The minimum Gasteiger partial charge on any atom is -0.392 e. The van der Waals surface area contributed by atoms with E-state index < -0.39 is 7.25 Å². The molecule has 1 aromatic heterocycles. The van der Waals surface area contributed by atoms with Crippen LogP contribution in [0.5, 0.6) is 0 Å². The van der Waals surface area contributed by atoms with Crippen molar-refractivity contribution in [2.75, 3.05) is 13.2 Å². The first-order valence-electron chi connectivity index (χ1n) is 17.9. The van der Waals surface area contributed by atoms with Gasteiger partial charge in [0.05, 0.1) is 17.1 Å². The minimum atomic E-state index is -0.661. The van der Waals surface area contributed by atoms with Crippen LogP contribution in [0.1, 0.15) is 69.5 Å². The average Bonchev–Trinajstić information content (AvgIpc) is 3.78. The number of aromatic nitrogens is 1. The molecule has 5 aromatic carbocycles. The zero-order chi connectivity index (χ0) is 35.3. The molecular weight excluding hydrogens is 611 g/mol. The van der Waals surface area contributed by atoms with Gasteiger partial charge in [0, 0.05) is 46.7 Å². The highest BCUT2D eigenvalue weighted by Crippen LogP contribution is 2.45. The quantitative estimate of drug-likeness (QED) is 0.137. The van der Waals surface area contributed by atoms with Gasteiger partial charge in [-0.25, -0.2) is 4.99 Å². The molecule has 0 bridgehead atoms. The minimum absolute atomic E-state index is 0.494. The summed E-state index contributed by atoms with van der Waals surface area (Å²) in [5, 5.41) is 0. The van der Waals surface area contributed by atoms with Crippen LogP contribution in [0.15, 0.2) is 157 Å². The highest BCUT2D eigenvalue weighted by Gasteiger charge is 2.35. The topological polar surface area (TPSA) is 35.8 Å². The number of fused-ring (bicyclic) bond motifs is 1. The Balaban J connectivity index is 0.00000117. The van der Waals surface area contributed by atoms with Crippen LogP contribution in [-0.4, -0.2) is 30.7 Å². The van der Waals surface area contributed by atoms with Crippen LogP contribution < -0.4 is 0 Å². The van der Waals surface area contributed by atoms with Gasteiger partial charge in [-0.15, -0.1) is 0 Å². The van der Waals surface area contributed by atoms with E-state index in [2.05, 4.69) is 144 Å². The second kappa shape index (κ2) is 18.0. The van der Waals surface area contributed by atoms with Gasteiger partial charge in [-0.05, 0) is 36.6 Å². The van der Waals surface area contributed by atoms with E-state index in [4.69, 9.17) is 14.3 Å². The van der Waals surface area contributed by atoms with E-state index in [-0.39, 0.29) is 0 Å². The first-order valence-corrected chi connectivity index (χ1v) is 17.9. The first kappa shape index (κ1) is 36.1. The summed E-state index contributed by atoms with van der Waals surface area (Å²) in [7, 11) is -0.661. The number of hydrogen-bond acceptors (Lipinski definition) is 3. The predicted molar refractivity (Wildman–Crippen MR) is 213 cm³/mol. The summed E-state index contributed by atoms with van der Waals surface area (Å²) >= 11 is 0. The van der Waals surface area contributed by atoms with Crippen molar-refractivity contribution in [2.45, 2.75) is 41.5 Å². The van der Waals surface area contributed by atoms with Crippen LogP contribution in [0.4, 0.5) is 0 Å². The SMILES string of the molecule is CC.CC.CCOB(OCC)n1c(-c2ccccc2)cc(-c2ccccc2)c1/C(=C1\N=C(c2ccccc2)c2ccccc21)c1ccccc1. The van der Waals surface area contributed by atoms with Gasteiger partial charge in [0.1, 0.15) is 0 Å². The highest BCUT2D eigenvalue weighted by atomic mass is 16.6. The number of aliphatic imine (C=N–C) groups is 1. The molecule has 50 heavy (non-hydrogen) atoms. The molecule has 2 heterocycles. The Morgan fingerprint density at radius 1 is 0.540 bits per heavy atom. The van der Waals surface area contributed by atoms with Crippen LogP contribution in [0, 0.1) is 0 Å². The summed E-state index contributed by atoms with van der Waals surface area (Å²) in [5.74, 6) is 0. The fraction of sp³-hybridized carbons (Fsp3) is 0.178. The number of nitrogens with zero attached hydrogens (tertiary/aromatic N) is 2. The molecule has 0 fully saturated rings. The Morgan fingerprint density at radius 2 is 1.00 bits per heavy atom. The number of rotatable bonds is 10. The molecule has 5 heteroatoms. The van der Waals surface area contributed by atoms with Crippen molar-refractivity contribution in [3.63, 3.8) is 0 Å². The van der Waals surface area contributed by atoms with Crippen molar-refractivity contribution in [1.29, 1.82) is 0 Å². The monoisotopic (exact) mass is 658 g/mol. The first-order chi connectivity index (χ1) is 24.8. The maximum atomic E-state index is 6.41. The van der Waals surface area contributed by atoms with Crippen molar-refractivity contribution < 1.29 is 9.31 Å². The Hall–Kier alpha value is -5.23. The van der Waals surface area contributed by atoms with Crippen molar-refractivity contribution in [3.8, 4) is 22.4 Å². The van der Waals surface area contributed by atoms with Crippen LogP contribution >= 0.6 is 0 Å². The smallest absolute Gasteiger partial charge is 0.392 e. The lowest BCUT2D eigenvalue weighted by Crippen LogP contribution is -2.34. The van der Waals surface area contributed by atoms with Gasteiger partial charge in [0.2, 0.25) is 0 Å². The van der Waals surface area contributed by atoms with Crippen molar-refractivity contribution in [3.05, 3.63) is 180 Å². The van der Waals surface area contributed by atoms with Crippen molar-refractivity contribution >= 4 is 24.2 Å². The molecule has 0 unspecified atom stereocenters. The number of benzene rings is 5. The third kappa shape index (κ3) is 7.50. The molecule has 0 amide bonds. The molecule has 0 spiro atoms. The van der Waals surface area contributed by atoms with Gasteiger partial charge in [-0.3, -0.25) is 0 Å². The fourth-order valence-electron chi connectivity index (χ4n) is 6.28. The lowest BCUT2D eigenvalue weighted by Gasteiger charge is -2.23. The molecule has 0 N–H and O–H groups in total. The molecule has 0 saturated carbocycles. The zero-order valence-corrected chi connectivity index (χ0v) is 30.1. The summed E-state index contributed by atoms with van der Waals surface area (Å²) in [6, 6.07) is 52.9. The molecule has 0 aliphatic carbocycles. The van der Waals surface area contributed by atoms with Crippen LogP contribution in [-0.2, 0) is 9.31 Å². The molecule has 0 atom stereocenters. The van der Waals surface area contributed by atoms with Crippen molar-refractivity contribution in [2.24, 2.45) is 4.99 Å². The maximum Gasteiger partial charge on any atom is 0.598 e. The molecule has 252 valence electrons. The van der Waals surface area contributed by atoms with Crippen LogP contribution in [0.3, 0.4) is 0 Å². The Morgan fingerprint density at radius 3 is 1.54 bits per heavy atom. The molecule has 0 saturated heterocycles. The van der Waals surface area contributed by atoms with E-state index in [1.807, 2.05) is 53.7 Å². The second-order valence-corrected chi connectivity index (χ2v) is 11.1. The van der Waals surface area contributed by atoms with Gasteiger partial charge < -0.3 is 13.8 Å². The second-order valence-electron chi connectivity index (χ2n) is 11.1. The molecular formula is C45H47BN2O2. The summed E-state index contributed by atoms with van der Waals surface area (Å²) in [5.41, 5.74) is 12.5. The summed E-state index contributed by atoms with van der Waals surface area (Å²) < 4.78 is 15.1. The van der Waals surface area contributed by atoms with Gasteiger partial charge in [-0.1, -0.05) is 173 Å². The maximum absolute atomic E-state index is 6.41. The van der Waals surface area contributed by atoms with Gasteiger partial charge in [0.15, 0.2) is 0 Å². The van der Waals surface area contributed by atoms with E-state index in [9.17, 15) is 0 Å². The third-order valence-electron chi connectivity index (χ3n) is 8.26. The summed E-state index contributed by atoms with van der Waals surface area (Å²) in [4.78, 5) is 5.49. The van der Waals surface area contributed by atoms with E-state index in [0.29, 0.717) is 13.2 Å². The summed E-state index contributed by atoms with van der Waals surface area (Å²) in [6.07, 6.45) is 0. The largest absolute Gasteiger partial charge is 0.598 e. The molecule has 6 aromatic rings. The lowest BCUT2D eigenvalue weighted by atomic mass is 9.90. The standard InChI is InChI=1S/C41H35BN2O2.2C2H6/c1-3-45-42(46-4-2)44-37(31-21-11-6-12-22-31)29-36(30-19-9-5-10-20-30)41(44)38(32-23-13-7-14-24-32)40-35-28-18-17-27-34(35)39(43-40)33-25-15-8-16-26-33;2*1-2/h5-29H,3-4H2,1-2H3;2*1-2H3/b40-38-;;. The Labute approximate surface area is 299 Å². The lowest BCUT2D eigenvalue weighted by molar-refractivity contribution is 0.205. The average molecular weight is 659 g/mol. The predicted octanol–water partition coefficient (Wildman–Crippen LogP) is 11.5. The molecule has 7 rings (SSSR count). The van der Waals surface area contributed by atoms with E-state index in [1.54, 1.807) is 0 Å². The molecule has 4 nitrogen and oxygen atoms in total.